The number of hydrogen-bond donors (Lipinski definition) is 1. The fourth-order valence-corrected chi connectivity index (χ4v) is 4.70. The first-order valence-corrected chi connectivity index (χ1v) is 10.4. The van der Waals surface area contributed by atoms with Crippen LogP contribution in [-0.4, -0.2) is 45.4 Å². The van der Waals surface area contributed by atoms with Gasteiger partial charge in [-0.05, 0) is 44.0 Å². The molecule has 30 heavy (non-hydrogen) atoms. The van der Waals surface area contributed by atoms with E-state index in [0.29, 0.717) is 17.7 Å². The molecule has 2 atom stereocenters. The summed E-state index contributed by atoms with van der Waals surface area (Å²) < 4.78 is 2.04. The van der Waals surface area contributed by atoms with Crippen LogP contribution in [0.4, 0.5) is 5.69 Å². The smallest absolute Gasteiger partial charge is 0.261 e. The number of nitrogens with two attached hydrogens (primary N) is 1. The second kappa shape index (κ2) is 6.95. The molecule has 2 aromatic heterocycles. The van der Waals surface area contributed by atoms with E-state index in [2.05, 4.69) is 11.0 Å². The molecule has 1 unspecified atom stereocenters. The van der Waals surface area contributed by atoms with Gasteiger partial charge in [0.15, 0.2) is 0 Å². The van der Waals surface area contributed by atoms with Crippen LogP contribution < -0.4 is 10.6 Å². The van der Waals surface area contributed by atoms with Gasteiger partial charge in [0.1, 0.15) is 0 Å². The molecule has 1 fully saturated rings. The Kier molecular flexibility index (Phi) is 4.36. The van der Waals surface area contributed by atoms with Crippen LogP contribution in [-0.2, 0) is 7.05 Å². The van der Waals surface area contributed by atoms with Crippen molar-refractivity contribution in [1.82, 2.24) is 14.5 Å². The number of amides is 2. The fraction of sp³-hybridized carbons (Fsp3) is 0.348. The van der Waals surface area contributed by atoms with Crippen molar-refractivity contribution in [1.29, 1.82) is 0 Å². The van der Waals surface area contributed by atoms with E-state index in [1.165, 1.54) is 4.90 Å². The summed E-state index contributed by atoms with van der Waals surface area (Å²) in [6.45, 7) is 3.37. The normalized spacial score (nSPS) is 20.2. The fourth-order valence-electron chi connectivity index (χ4n) is 4.70. The lowest BCUT2D eigenvalue weighted by Gasteiger charge is -2.38. The molecule has 2 aliphatic rings. The molecule has 1 aromatic carbocycles. The topological polar surface area (TPSA) is 84.5 Å². The highest BCUT2D eigenvalue weighted by Gasteiger charge is 2.41. The van der Waals surface area contributed by atoms with Crippen molar-refractivity contribution in [2.45, 2.75) is 31.8 Å². The summed E-state index contributed by atoms with van der Waals surface area (Å²) in [6, 6.07) is 10.8. The highest BCUT2D eigenvalue weighted by Crippen LogP contribution is 2.33. The maximum absolute atomic E-state index is 13.0. The number of carbonyl (C=O) groups excluding carboxylic acids is 2. The van der Waals surface area contributed by atoms with E-state index >= 15 is 0 Å². The van der Waals surface area contributed by atoms with Crippen LogP contribution in [0.25, 0.3) is 11.0 Å². The van der Waals surface area contributed by atoms with Crippen LogP contribution in [0.3, 0.4) is 0 Å². The first-order valence-electron chi connectivity index (χ1n) is 10.4. The van der Waals surface area contributed by atoms with Gasteiger partial charge in [-0.25, -0.2) is 4.98 Å². The Morgan fingerprint density at radius 3 is 2.50 bits per heavy atom. The van der Waals surface area contributed by atoms with E-state index in [4.69, 9.17) is 10.7 Å². The number of rotatable bonds is 3. The molecule has 5 rings (SSSR count). The minimum absolute atomic E-state index is 0.170. The third-order valence-corrected chi connectivity index (χ3v) is 6.23. The van der Waals surface area contributed by atoms with Gasteiger partial charge in [-0.1, -0.05) is 12.1 Å². The van der Waals surface area contributed by atoms with Crippen molar-refractivity contribution < 1.29 is 9.59 Å². The number of imide groups is 1. The van der Waals surface area contributed by atoms with E-state index in [1.807, 2.05) is 30.8 Å². The number of carbonyl (C=O) groups is 2. The minimum atomic E-state index is -0.218. The van der Waals surface area contributed by atoms with Gasteiger partial charge in [0.2, 0.25) is 0 Å². The van der Waals surface area contributed by atoms with Crippen LogP contribution in [0.1, 0.15) is 52.2 Å². The monoisotopic (exact) mass is 403 g/mol. The second-order valence-electron chi connectivity index (χ2n) is 8.28. The summed E-state index contributed by atoms with van der Waals surface area (Å²) in [5.74, 6) is -0.378. The maximum Gasteiger partial charge on any atom is 0.261 e. The lowest BCUT2D eigenvalue weighted by Crippen LogP contribution is -2.50. The summed E-state index contributed by atoms with van der Waals surface area (Å²) in [6.07, 6.45) is 3.68. The average molecular weight is 403 g/mol. The molecule has 0 radical (unpaired) electrons. The molecular formula is C23H25N5O2. The molecule has 3 aromatic rings. The van der Waals surface area contributed by atoms with E-state index in [1.54, 1.807) is 24.3 Å². The van der Waals surface area contributed by atoms with Gasteiger partial charge < -0.3 is 15.2 Å². The summed E-state index contributed by atoms with van der Waals surface area (Å²) >= 11 is 0. The predicted octanol–water partition coefficient (Wildman–Crippen LogP) is 2.86. The van der Waals surface area contributed by atoms with Gasteiger partial charge in [0.25, 0.3) is 11.8 Å². The number of nitrogens with zero attached hydrogens (tertiary/aromatic N) is 4. The van der Waals surface area contributed by atoms with Crippen molar-refractivity contribution in [2.24, 2.45) is 12.8 Å². The van der Waals surface area contributed by atoms with Gasteiger partial charge in [-0.2, -0.15) is 0 Å². The largest absolute Gasteiger partial charge is 0.368 e. The van der Waals surface area contributed by atoms with Crippen LogP contribution in [0.5, 0.6) is 0 Å². The SMILES string of the molecule is C[C@H](N)c1nc2ccn(C)c2cc1N1CCCC(N2C(=O)c3ccccc3C2=O)C1. The first-order chi connectivity index (χ1) is 14.5. The zero-order chi connectivity index (χ0) is 21.0. The third-order valence-electron chi connectivity index (χ3n) is 6.23. The molecular weight excluding hydrogens is 378 g/mol. The van der Waals surface area contributed by atoms with E-state index in [-0.39, 0.29) is 23.9 Å². The number of pyridine rings is 1. The molecule has 2 amide bonds. The zero-order valence-electron chi connectivity index (χ0n) is 17.2. The number of hydrogen-bond acceptors (Lipinski definition) is 5. The van der Waals surface area contributed by atoms with Gasteiger partial charge in [-0.3, -0.25) is 14.5 Å². The number of aromatic nitrogens is 2. The van der Waals surface area contributed by atoms with Crippen molar-refractivity contribution in [3.05, 3.63) is 59.4 Å². The molecule has 0 aliphatic carbocycles. The van der Waals surface area contributed by atoms with Crippen molar-refractivity contribution >= 4 is 28.5 Å². The summed E-state index contributed by atoms with van der Waals surface area (Å²) in [7, 11) is 2.00. The van der Waals surface area contributed by atoms with Gasteiger partial charge in [-0.15, -0.1) is 0 Å². The Balaban J connectivity index is 1.49. The molecule has 0 spiro atoms. The van der Waals surface area contributed by atoms with Crippen LogP contribution in [0, 0.1) is 0 Å². The lowest BCUT2D eigenvalue weighted by molar-refractivity contribution is 0.0570. The third kappa shape index (κ3) is 2.81. The van der Waals surface area contributed by atoms with Crippen LogP contribution in [0.2, 0.25) is 0 Å². The molecule has 1 saturated heterocycles. The maximum atomic E-state index is 13.0. The van der Waals surface area contributed by atoms with Gasteiger partial charge in [0.05, 0.1) is 39.6 Å². The number of benzene rings is 1. The second-order valence-corrected chi connectivity index (χ2v) is 8.28. The molecule has 7 nitrogen and oxygen atoms in total. The standard InChI is InChI=1S/C23H25N5O2/c1-14(24)21-20(12-19-18(25-21)9-11-26(19)2)27-10-5-6-15(13-27)28-22(29)16-7-3-4-8-17(16)23(28)30/h3-4,7-9,11-12,14-15H,5-6,10,13,24H2,1-2H3/t14-,15?/m0/s1. The highest BCUT2D eigenvalue weighted by atomic mass is 16.2. The first kappa shape index (κ1) is 18.8. The van der Waals surface area contributed by atoms with Crippen molar-refractivity contribution in [3.63, 3.8) is 0 Å². The van der Waals surface area contributed by atoms with Crippen molar-refractivity contribution in [2.75, 3.05) is 18.0 Å². The Hall–Kier alpha value is -3.19. The number of fused-ring (bicyclic) bond motifs is 2. The summed E-state index contributed by atoms with van der Waals surface area (Å²) in [4.78, 5) is 34.4. The minimum Gasteiger partial charge on any atom is -0.368 e. The van der Waals surface area contributed by atoms with Crippen molar-refractivity contribution in [3.8, 4) is 0 Å². The number of piperidine rings is 1. The lowest BCUT2D eigenvalue weighted by atomic mass is 10.0. The quantitative estimate of drug-likeness (QED) is 0.680. The Labute approximate surface area is 175 Å². The Bertz CT molecular complexity index is 1130. The predicted molar refractivity (Wildman–Crippen MR) is 115 cm³/mol. The Morgan fingerprint density at radius 1 is 1.13 bits per heavy atom. The van der Waals surface area contributed by atoms with E-state index in [9.17, 15) is 9.59 Å². The van der Waals surface area contributed by atoms with Crippen LogP contribution in [0.15, 0.2) is 42.6 Å². The number of anilines is 1. The van der Waals surface area contributed by atoms with Gasteiger partial charge >= 0.3 is 0 Å². The Morgan fingerprint density at radius 2 is 1.83 bits per heavy atom. The molecule has 0 bridgehead atoms. The molecule has 2 aliphatic heterocycles. The molecule has 4 heterocycles. The zero-order valence-corrected chi connectivity index (χ0v) is 17.2. The molecule has 2 N–H and O–H groups in total. The summed E-state index contributed by atoms with van der Waals surface area (Å²) in [5, 5.41) is 0. The molecule has 7 heteroatoms. The van der Waals surface area contributed by atoms with Gasteiger partial charge in [0, 0.05) is 32.4 Å². The average Bonchev–Trinajstić information content (AvgIpc) is 3.24. The molecule has 0 saturated carbocycles. The number of aryl methyl sites for hydroxylation is 1. The van der Waals surface area contributed by atoms with E-state index in [0.717, 1.165) is 41.8 Å². The van der Waals surface area contributed by atoms with Crippen LogP contribution >= 0.6 is 0 Å². The molecule has 154 valence electrons. The highest BCUT2D eigenvalue weighted by molar-refractivity contribution is 6.21. The van der Waals surface area contributed by atoms with E-state index < -0.39 is 0 Å². The summed E-state index contributed by atoms with van der Waals surface area (Å²) in [5.41, 5.74) is 11.1.